The highest BCUT2D eigenvalue weighted by Gasteiger charge is 2.43. The number of nitrogens with zero attached hydrogens (tertiary/aromatic N) is 5. The average Bonchev–Trinajstić information content (AvgIpc) is 3.22. The van der Waals surface area contributed by atoms with Crippen molar-refractivity contribution in [2.75, 3.05) is 37.0 Å². The fraction of sp³-hybridized carbons (Fsp3) is 0.588. The molecule has 2 aliphatic rings. The third kappa shape index (κ3) is 3.39. The number of nitrogens with one attached hydrogen (secondary N) is 1. The van der Waals surface area contributed by atoms with E-state index in [-0.39, 0.29) is 5.60 Å². The summed E-state index contributed by atoms with van der Waals surface area (Å²) in [6.07, 6.45) is 8.45. The largest absolute Gasteiger partial charge is 0.481 e. The summed E-state index contributed by atoms with van der Waals surface area (Å²) in [5, 5.41) is 7.74. The summed E-state index contributed by atoms with van der Waals surface area (Å²) in [6.45, 7) is 2.61. The molecular formula is C17H24N6O2. The lowest BCUT2D eigenvalue weighted by atomic mass is 9.87. The van der Waals surface area contributed by atoms with Gasteiger partial charge in [0.1, 0.15) is 12.1 Å². The molecule has 4 heterocycles. The molecule has 4 rings (SSSR count). The molecule has 1 N–H and O–H groups in total. The number of rotatable bonds is 4. The summed E-state index contributed by atoms with van der Waals surface area (Å²) in [7, 11) is 3.55. The van der Waals surface area contributed by atoms with Crippen molar-refractivity contribution >= 4 is 11.5 Å². The Bertz CT molecular complexity index is 725. The summed E-state index contributed by atoms with van der Waals surface area (Å²) in [5.74, 6) is 1.52. The second-order valence-electron chi connectivity index (χ2n) is 6.85. The van der Waals surface area contributed by atoms with Gasteiger partial charge in [0, 0.05) is 32.4 Å². The Morgan fingerprint density at radius 1 is 1.32 bits per heavy atom. The maximum absolute atomic E-state index is 6.23. The second-order valence-corrected chi connectivity index (χ2v) is 6.85. The van der Waals surface area contributed by atoms with Crippen LogP contribution < -0.4 is 15.0 Å². The molecule has 0 saturated carbocycles. The van der Waals surface area contributed by atoms with Gasteiger partial charge >= 0.3 is 0 Å². The minimum atomic E-state index is -0.0203. The van der Waals surface area contributed by atoms with Crippen molar-refractivity contribution in [3.8, 4) is 5.88 Å². The van der Waals surface area contributed by atoms with Crippen LogP contribution in [0.4, 0.5) is 11.5 Å². The molecule has 2 aromatic rings. The van der Waals surface area contributed by atoms with Crippen LogP contribution in [-0.2, 0) is 11.8 Å². The van der Waals surface area contributed by atoms with Crippen molar-refractivity contribution in [1.29, 1.82) is 0 Å². The number of aromatic nitrogens is 4. The molecule has 8 nitrogen and oxygen atoms in total. The Morgan fingerprint density at radius 3 is 2.88 bits per heavy atom. The van der Waals surface area contributed by atoms with E-state index in [1.165, 1.54) is 0 Å². The summed E-state index contributed by atoms with van der Waals surface area (Å²) in [4.78, 5) is 10.7. The molecule has 25 heavy (non-hydrogen) atoms. The number of anilines is 2. The molecule has 0 aliphatic carbocycles. The van der Waals surface area contributed by atoms with Gasteiger partial charge in [0.25, 0.3) is 0 Å². The predicted molar refractivity (Wildman–Crippen MR) is 93.9 cm³/mol. The highest BCUT2D eigenvalue weighted by Crippen LogP contribution is 2.37. The maximum Gasteiger partial charge on any atom is 0.218 e. The van der Waals surface area contributed by atoms with Crippen LogP contribution >= 0.6 is 0 Å². The lowest BCUT2D eigenvalue weighted by Crippen LogP contribution is -2.44. The normalized spacial score (nSPS) is 22.3. The van der Waals surface area contributed by atoms with Crippen molar-refractivity contribution in [3.63, 3.8) is 0 Å². The van der Waals surface area contributed by atoms with Gasteiger partial charge in [-0.2, -0.15) is 5.10 Å². The Kier molecular flexibility index (Phi) is 4.20. The van der Waals surface area contributed by atoms with Gasteiger partial charge < -0.3 is 19.7 Å². The van der Waals surface area contributed by atoms with Gasteiger partial charge in [-0.05, 0) is 19.3 Å². The average molecular weight is 344 g/mol. The third-order valence-electron chi connectivity index (χ3n) is 5.12. The molecule has 0 radical (unpaired) electrons. The summed E-state index contributed by atoms with van der Waals surface area (Å²) < 4.78 is 13.2. The molecule has 2 aliphatic heterocycles. The van der Waals surface area contributed by atoms with E-state index in [1.807, 2.05) is 30.2 Å². The molecule has 0 bridgehead atoms. The predicted octanol–water partition coefficient (Wildman–Crippen LogP) is 1.46. The SMILES string of the molecule is COc1cc(N2CCC3(CC2)CC(Nc2cnn(C)c2)CO3)ncn1. The van der Waals surface area contributed by atoms with Crippen molar-refractivity contribution < 1.29 is 9.47 Å². The maximum atomic E-state index is 6.23. The lowest BCUT2D eigenvalue weighted by Gasteiger charge is -2.39. The molecule has 0 amide bonds. The van der Waals surface area contributed by atoms with Gasteiger partial charge in [0.2, 0.25) is 5.88 Å². The number of hydrogen-bond acceptors (Lipinski definition) is 7. The van der Waals surface area contributed by atoms with Crippen LogP contribution in [0, 0.1) is 0 Å². The zero-order chi connectivity index (χ0) is 17.3. The number of ether oxygens (including phenoxy) is 2. The molecule has 0 aromatic carbocycles. The van der Waals surface area contributed by atoms with Crippen molar-refractivity contribution in [3.05, 3.63) is 24.8 Å². The van der Waals surface area contributed by atoms with Gasteiger partial charge in [0.15, 0.2) is 0 Å². The van der Waals surface area contributed by atoms with Crippen LogP contribution in [0.2, 0.25) is 0 Å². The monoisotopic (exact) mass is 344 g/mol. The van der Waals surface area contributed by atoms with Crippen LogP contribution in [0.3, 0.4) is 0 Å². The molecule has 8 heteroatoms. The molecule has 2 fully saturated rings. The van der Waals surface area contributed by atoms with E-state index in [4.69, 9.17) is 9.47 Å². The topological polar surface area (TPSA) is 77.3 Å². The Morgan fingerprint density at radius 2 is 2.16 bits per heavy atom. The summed E-state index contributed by atoms with van der Waals surface area (Å²) in [5.41, 5.74) is 1.03. The molecule has 2 aromatic heterocycles. The smallest absolute Gasteiger partial charge is 0.218 e. The van der Waals surface area contributed by atoms with E-state index in [0.29, 0.717) is 11.9 Å². The standard InChI is InChI=1S/C17H24N6O2/c1-22-10-14(9-20-22)21-13-8-17(25-11-13)3-5-23(6-4-17)15-7-16(24-2)19-12-18-15/h7,9-10,12-13,21H,3-6,8,11H2,1-2H3. The zero-order valence-electron chi connectivity index (χ0n) is 14.7. The van der Waals surface area contributed by atoms with Crippen LogP contribution in [-0.4, -0.2) is 58.2 Å². The van der Waals surface area contributed by atoms with E-state index < -0.39 is 0 Å². The molecule has 1 atom stereocenters. The van der Waals surface area contributed by atoms with Crippen LogP contribution in [0.5, 0.6) is 5.88 Å². The molecule has 1 spiro atoms. The minimum Gasteiger partial charge on any atom is -0.481 e. The summed E-state index contributed by atoms with van der Waals surface area (Å²) in [6, 6.07) is 2.23. The fourth-order valence-corrected chi connectivity index (χ4v) is 3.77. The molecular weight excluding hydrogens is 320 g/mol. The summed E-state index contributed by atoms with van der Waals surface area (Å²) >= 11 is 0. The van der Waals surface area contributed by atoms with E-state index >= 15 is 0 Å². The number of aryl methyl sites for hydroxylation is 1. The number of methoxy groups -OCH3 is 1. The van der Waals surface area contributed by atoms with E-state index in [9.17, 15) is 0 Å². The van der Waals surface area contributed by atoms with E-state index in [1.54, 1.807) is 13.4 Å². The zero-order valence-corrected chi connectivity index (χ0v) is 14.7. The van der Waals surface area contributed by atoms with E-state index in [0.717, 1.165) is 50.5 Å². The van der Waals surface area contributed by atoms with Crippen molar-refractivity contribution in [2.45, 2.75) is 30.9 Å². The Balaban J connectivity index is 1.35. The number of piperidine rings is 1. The van der Waals surface area contributed by atoms with Crippen LogP contribution in [0.15, 0.2) is 24.8 Å². The van der Waals surface area contributed by atoms with E-state index in [2.05, 4.69) is 25.3 Å². The Hall–Kier alpha value is -2.35. The highest BCUT2D eigenvalue weighted by molar-refractivity contribution is 5.42. The number of hydrogen-bond donors (Lipinski definition) is 1. The van der Waals surface area contributed by atoms with Gasteiger partial charge in [0.05, 0.1) is 37.2 Å². The van der Waals surface area contributed by atoms with Gasteiger partial charge in [-0.1, -0.05) is 0 Å². The molecule has 1 unspecified atom stereocenters. The quantitative estimate of drug-likeness (QED) is 0.899. The first-order valence-electron chi connectivity index (χ1n) is 8.66. The van der Waals surface area contributed by atoms with Gasteiger partial charge in [-0.25, -0.2) is 9.97 Å². The van der Waals surface area contributed by atoms with Crippen LogP contribution in [0.1, 0.15) is 19.3 Å². The molecule has 2 saturated heterocycles. The fourth-order valence-electron chi connectivity index (χ4n) is 3.77. The second kappa shape index (κ2) is 6.51. The van der Waals surface area contributed by atoms with Gasteiger partial charge in [-0.15, -0.1) is 0 Å². The van der Waals surface area contributed by atoms with Crippen molar-refractivity contribution in [1.82, 2.24) is 19.7 Å². The lowest BCUT2D eigenvalue weighted by molar-refractivity contribution is -0.0148. The molecule has 134 valence electrons. The van der Waals surface area contributed by atoms with Gasteiger partial charge in [-0.3, -0.25) is 4.68 Å². The minimum absolute atomic E-state index is 0.0203. The first-order valence-corrected chi connectivity index (χ1v) is 8.66. The third-order valence-corrected chi connectivity index (χ3v) is 5.12. The first-order chi connectivity index (χ1) is 12.2. The van der Waals surface area contributed by atoms with Crippen LogP contribution in [0.25, 0.3) is 0 Å². The Labute approximate surface area is 147 Å². The highest BCUT2D eigenvalue weighted by atomic mass is 16.5. The first kappa shape index (κ1) is 16.1. The van der Waals surface area contributed by atoms with Crippen molar-refractivity contribution in [2.24, 2.45) is 7.05 Å².